The first-order valence-corrected chi connectivity index (χ1v) is 6.85. The Balaban J connectivity index is 1.99. The Morgan fingerprint density at radius 1 is 1.45 bits per heavy atom. The molecule has 20 heavy (non-hydrogen) atoms. The Morgan fingerprint density at radius 2 is 2.25 bits per heavy atom. The summed E-state index contributed by atoms with van der Waals surface area (Å²) < 4.78 is 1.80. The van der Waals surface area contributed by atoms with Crippen molar-refractivity contribution in [3.05, 3.63) is 35.4 Å². The van der Waals surface area contributed by atoms with Crippen molar-refractivity contribution >= 4 is 22.9 Å². The molecule has 106 valence electrons. The van der Waals surface area contributed by atoms with Crippen molar-refractivity contribution in [3.8, 4) is 0 Å². The van der Waals surface area contributed by atoms with Crippen LogP contribution in [0.3, 0.4) is 0 Å². The van der Waals surface area contributed by atoms with Gasteiger partial charge in [-0.05, 0) is 26.3 Å². The summed E-state index contributed by atoms with van der Waals surface area (Å²) in [5.41, 5.74) is 9.35. The van der Waals surface area contributed by atoms with Crippen LogP contribution >= 0.6 is 12.2 Å². The highest BCUT2D eigenvalue weighted by molar-refractivity contribution is 7.80. The van der Waals surface area contributed by atoms with E-state index in [4.69, 9.17) is 18.0 Å². The fourth-order valence-electron chi connectivity index (χ4n) is 2.10. The van der Waals surface area contributed by atoms with E-state index in [0.29, 0.717) is 4.99 Å². The summed E-state index contributed by atoms with van der Waals surface area (Å²) in [6.45, 7) is 5.50. The molecule has 6 nitrogen and oxygen atoms in total. The number of hydrogen-bond donors (Lipinski definition) is 2. The molecular formula is C13H18N6S. The quantitative estimate of drug-likeness (QED) is 0.618. The van der Waals surface area contributed by atoms with Crippen LogP contribution < -0.4 is 11.1 Å². The van der Waals surface area contributed by atoms with E-state index in [2.05, 4.69) is 20.6 Å². The molecule has 2 aromatic rings. The number of anilines is 1. The molecule has 2 heterocycles. The van der Waals surface area contributed by atoms with Crippen molar-refractivity contribution in [2.24, 2.45) is 5.73 Å². The summed E-state index contributed by atoms with van der Waals surface area (Å²) in [6, 6.07) is 1.97. The zero-order valence-corrected chi connectivity index (χ0v) is 12.4. The molecule has 3 N–H and O–H groups in total. The summed E-state index contributed by atoms with van der Waals surface area (Å²) in [4.78, 5) is 4.76. The molecule has 0 radical (unpaired) electrons. The number of hydrogen-bond acceptors (Lipinski definition) is 5. The molecule has 0 saturated heterocycles. The van der Waals surface area contributed by atoms with Crippen molar-refractivity contribution in [3.63, 3.8) is 0 Å². The van der Waals surface area contributed by atoms with Crippen LogP contribution in [-0.4, -0.2) is 31.5 Å². The molecule has 0 amide bonds. The number of aromatic nitrogens is 4. The van der Waals surface area contributed by atoms with Crippen molar-refractivity contribution in [2.75, 3.05) is 11.9 Å². The minimum atomic E-state index is 0.369. The zero-order valence-electron chi connectivity index (χ0n) is 11.6. The maximum atomic E-state index is 5.78. The Kier molecular flexibility index (Phi) is 4.62. The van der Waals surface area contributed by atoms with Gasteiger partial charge >= 0.3 is 0 Å². The topological polar surface area (TPSA) is 81.7 Å². The number of nitrogens with zero attached hydrogens (tertiary/aromatic N) is 4. The molecule has 0 fully saturated rings. The lowest BCUT2D eigenvalue weighted by Gasteiger charge is -2.14. The summed E-state index contributed by atoms with van der Waals surface area (Å²) in [7, 11) is 0. The highest BCUT2D eigenvalue weighted by Crippen LogP contribution is 2.19. The molecule has 0 bridgehead atoms. The normalized spacial score (nSPS) is 10.5. The molecular weight excluding hydrogens is 272 g/mol. The van der Waals surface area contributed by atoms with Gasteiger partial charge in [0, 0.05) is 36.4 Å². The first kappa shape index (κ1) is 14.4. The average molecular weight is 290 g/mol. The number of nitrogens with two attached hydrogens (primary N) is 1. The minimum Gasteiger partial charge on any atom is -0.389 e. The van der Waals surface area contributed by atoms with Gasteiger partial charge in [-0.15, -0.1) is 5.10 Å². The molecule has 0 unspecified atom stereocenters. The molecule has 7 heteroatoms. The summed E-state index contributed by atoms with van der Waals surface area (Å²) >= 11 is 5.10. The van der Waals surface area contributed by atoms with Crippen LogP contribution in [0.5, 0.6) is 0 Å². The van der Waals surface area contributed by atoms with E-state index in [0.717, 1.165) is 42.1 Å². The predicted molar refractivity (Wildman–Crippen MR) is 82.7 cm³/mol. The molecule has 2 aromatic heterocycles. The Hall–Kier alpha value is -2.02. The highest BCUT2D eigenvalue weighted by Gasteiger charge is 2.10. The lowest BCUT2D eigenvalue weighted by Crippen LogP contribution is -2.17. The number of rotatable bonds is 6. The van der Waals surface area contributed by atoms with E-state index >= 15 is 0 Å². The van der Waals surface area contributed by atoms with Crippen molar-refractivity contribution in [2.45, 2.75) is 26.8 Å². The average Bonchev–Trinajstić information content (AvgIpc) is 2.86. The van der Waals surface area contributed by atoms with Crippen LogP contribution in [0.25, 0.3) is 0 Å². The van der Waals surface area contributed by atoms with Gasteiger partial charge in [0.2, 0.25) is 0 Å². The fourth-order valence-corrected chi connectivity index (χ4v) is 2.35. The van der Waals surface area contributed by atoms with Crippen molar-refractivity contribution in [1.29, 1.82) is 0 Å². The van der Waals surface area contributed by atoms with E-state index in [-0.39, 0.29) is 0 Å². The largest absolute Gasteiger partial charge is 0.389 e. The predicted octanol–water partition coefficient (Wildman–Crippen LogP) is 1.43. The van der Waals surface area contributed by atoms with E-state index < -0.39 is 0 Å². The molecule has 0 atom stereocenters. The van der Waals surface area contributed by atoms with Gasteiger partial charge < -0.3 is 11.1 Å². The van der Waals surface area contributed by atoms with E-state index in [1.165, 1.54) is 0 Å². The van der Waals surface area contributed by atoms with Gasteiger partial charge in [0.05, 0.1) is 11.8 Å². The molecule has 0 aliphatic rings. The van der Waals surface area contributed by atoms with Gasteiger partial charge in [-0.3, -0.25) is 9.67 Å². The van der Waals surface area contributed by atoms with Crippen LogP contribution in [0.2, 0.25) is 0 Å². The smallest absolute Gasteiger partial charge is 0.107 e. The van der Waals surface area contributed by atoms with Crippen molar-refractivity contribution in [1.82, 2.24) is 20.0 Å². The molecule has 0 aliphatic carbocycles. The number of pyridine rings is 1. The number of aryl methyl sites for hydroxylation is 3. The maximum Gasteiger partial charge on any atom is 0.107 e. The fraction of sp³-hybridized carbons (Fsp3) is 0.385. The molecule has 0 saturated carbocycles. The van der Waals surface area contributed by atoms with E-state index in [9.17, 15) is 0 Å². The third-order valence-corrected chi connectivity index (χ3v) is 3.13. The standard InChI is InChI=1S/C13H18N6S/c1-9-8-11(12(13(14)20)10(2)17-9)15-4-3-6-19-7-5-16-18-19/h5,7-8H,3-4,6H2,1-2H3,(H2,14,20)(H,15,17). The van der Waals surface area contributed by atoms with Crippen LogP contribution in [0, 0.1) is 13.8 Å². The second-order valence-corrected chi connectivity index (χ2v) is 5.02. The lowest BCUT2D eigenvalue weighted by molar-refractivity contribution is 0.570. The summed E-state index contributed by atoms with van der Waals surface area (Å²) in [6.07, 6.45) is 4.45. The van der Waals surface area contributed by atoms with Gasteiger partial charge in [-0.1, -0.05) is 17.4 Å². The van der Waals surface area contributed by atoms with Gasteiger partial charge in [0.1, 0.15) is 4.99 Å². The van der Waals surface area contributed by atoms with Crippen LogP contribution in [0.1, 0.15) is 23.4 Å². The summed E-state index contributed by atoms with van der Waals surface area (Å²) in [5.74, 6) is 0. The maximum absolute atomic E-state index is 5.78. The van der Waals surface area contributed by atoms with Gasteiger partial charge in [-0.25, -0.2) is 0 Å². The monoisotopic (exact) mass is 290 g/mol. The van der Waals surface area contributed by atoms with Gasteiger partial charge in [0.15, 0.2) is 0 Å². The van der Waals surface area contributed by atoms with Crippen LogP contribution in [0.4, 0.5) is 5.69 Å². The van der Waals surface area contributed by atoms with Gasteiger partial charge in [0.25, 0.3) is 0 Å². The molecule has 2 rings (SSSR count). The summed E-state index contributed by atoms with van der Waals surface area (Å²) in [5, 5.41) is 11.1. The Labute approximate surface area is 123 Å². The molecule has 0 aromatic carbocycles. The molecule has 0 aliphatic heterocycles. The third kappa shape index (κ3) is 3.51. The first-order chi connectivity index (χ1) is 9.58. The minimum absolute atomic E-state index is 0.369. The van der Waals surface area contributed by atoms with Crippen LogP contribution in [-0.2, 0) is 6.54 Å². The van der Waals surface area contributed by atoms with Gasteiger partial charge in [-0.2, -0.15) is 0 Å². The van der Waals surface area contributed by atoms with Crippen LogP contribution in [0.15, 0.2) is 18.5 Å². The second kappa shape index (κ2) is 6.42. The number of thiocarbonyl (C=S) groups is 1. The Morgan fingerprint density at radius 3 is 2.90 bits per heavy atom. The lowest BCUT2D eigenvalue weighted by atomic mass is 10.1. The van der Waals surface area contributed by atoms with E-state index in [1.54, 1.807) is 10.9 Å². The third-order valence-electron chi connectivity index (χ3n) is 2.93. The Bertz CT molecular complexity index is 593. The zero-order chi connectivity index (χ0) is 14.5. The first-order valence-electron chi connectivity index (χ1n) is 6.44. The number of nitrogens with one attached hydrogen (secondary N) is 1. The molecule has 0 spiro atoms. The van der Waals surface area contributed by atoms with Crippen molar-refractivity contribution < 1.29 is 0 Å². The highest BCUT2D eigenvalue weighted by atomic mass is 32.1. The SMILES string of the molecule is Cc1cc(NCCCn2ccnn2)c(C(N)=S)c(C)n1. The van der Waals surface area contributed by atoms with E-state index in [1.807, 2.05) is 26.1 Å². The second-order valence-electron chi connectivity index (χ2n) is 4.58.